The third-order valence-electron chi connectivity index (χ3n) is 11.5. The van der Waals surface area contributed by atoms with E-state index in [-0.39, 0.29) is 52.0 Å². The number of fused-ring (bicyclic) bond motifs is 4. The van der Waals surface area contributed by atoms with Crippen LogP contribution in [0.1, 0.15) is 84.7 Å². The molecule has 14 heteroatoms. The zero-order chi connectivity index (χ0) is 39.8. The van der Waals surface area contributed by atoms with Gasteiger partial charge in [-0.2, -0.15) is 4.36 Å². The Morgan fingerprint density at radius 2 is 1.98 bits per heavy atom. The molecular weight excluding hydrogens is 756 g/mol. The fourth-order valence-corrected chi connectivity index (χ4v) is 11.2. The number of halogens is 1. The van der Waals surface area contributed by atoms with Crippen LogP contribution >= 0.6 is 11.6 Å². The molecule has 2 aliphatic carbocycles. The van der Waals surface area contributed by atoms with Gasteiger partial charge in [-0.3, -0.25) is 14.3 Å². The number of rotatable bonds is 6. The van der Waals surface area contributed by atoms with E-state index in [1.165, 1.54) is 29.1 Å². The number of aryl methyl sites for hydroxylation is 2. The maximum Gasteiger partial charge on any atom is 0.509 e. The highest BCUT2D eigenvalue weighted by atomic mass is 35.5. The number of nitrogens with zero attached hydrogens (tertiary/aromatic N) is 4. The normalized spacial score (nSPS) is 28.1. The molecule has 300 valence electrons. The van der Waals surface area contributed by atoms with Gasteiger partial charge < -0.3 is 23.8 Å². The summed E-state index contributed by atoms with van der Waals surface area (Å²) in [6.45, 7) is 7.17. The van der Waals surface area contributed by atoms with Crippen molar-refractivity contribution in [3.05, 3.63) is 82.0 Å². The molecule has 1 aromatic heterocycles. The van der Waals surface area contributed by atoms with E-state index in [1.807, 2.05) is 25.1 Å². The fourth-order valence-electron chi connectivity index (χ4n) is 8.77. The van der Waals surface area contributed by atoms with Crippen LogP contribution in [0, 0.1) is 17.8 Å². The molecule has 1 amide bonds. The van der Waals surface area contributed by atoms with Gasteiger partial charge in [-0.05, 0) is 112 Å². The van der Waals surface area contributed by atoms with Crippen LogP contribution in [0.5, 0.6) is 11.6 Å². The monoisotopic (exact) mass is 806 g/mol. The lowest BCUT2D eigenvalue weighted by Gasteiger charge is -2.45. The lowest BCUT2D eigenvalue weighted by atomic mass is 9.68. The molecule has 1 spiro atoms. The lowest BCUT2D eigenvalue weighted by molar-refractivity contribution is -0.0242. The van der Waals surface area contributed by atoms with Gasteiger partial charge >= 0.3 is 6.16 Å². The van der Waals surface area contributed by atoms with Crippen molar-refractivity contribution < 1.29 is 37.5 Å². The molecular formula is C42H51ClN4O8S. The van der Waals surface area contributed by atoms with E-state index in [1.54, 1.807) is 39.1 Å². The smallest absolute Gasteiger partial charge is 0.490 e. The van der Waals surface area contributed by atoms with Gasteiger partial charge in [-0.1, -0.05) is 30.7 Å². The summed E-state index contributed by atoms with van der Waals surface area (Å²) in [5.74, 6) is -0.960. The van der Waals surface area contributed by atoms with Crippen molar-refractivity contribution in [3.8, 4) is 11.6 Å². The van der Waals surface area contributed by atoms with E-state index in [9.17, 15) is 18.6 Å². The minimum Gasteiger partial charge on any atom is -0.490 e. The standard InChI is InChI=1S/C42H51ClN4O8S/c1-26(2)54-41(50)55-37-10-6-8-27(3)22-56(51,23-36(48)33-21-46(4)44-40(33)52-5)45-39(49)29-12-16-38-35(19-29)47(20-30-11-14-32(30)37)24-42(25-53-38)17-7-9-28-18-31(43)13-15-34(28)42/h6,10,12-13,15-16,18-19,21,26-27,30,32,37H,7-9,11,14,17,20,22-25H2,1-5H3/b10-6+/t27-,30-,32+,37-,42-,56+/m0/s1. The number of carbonyl (C=O) groups is 3. The number of benzene rings is 2. The first kappa shape index (κ1) is 39.9. The van der Waals surface area contributed by atoms with Crippen molar-refractivity contribution in [2.75, 3.05) is 43.2 Å². The van der Waals surface area contributed by atoms with E-state index in [4.69, 9.17) is 30.5 Å². The van der Waals surface area contributed by atoms with Gasteiger partial charge in [-0.25, -0.2) is 9.00 Å². The average Bonchev–Trinajstić information content (AvgIpc) is 3.44. The highest BCUT2D eigenvalue weighted by Gasteiger charge is 2.45. The zero-order valence-electron chi connectivity index (χ0n) is 32.7. The Labute approximate surface area is 334 Å². The van der Waals surface area contributed by atoms with Crippen LogP contribution in [0.25, 0.3) is 0 Å². The molecule has 1 saturated carbocycles. The van der Waals surface area contributed by atoms with Crippen molar-refractivity contribution in [3.63, 3.8) is 0 Å². The van der Waals surface area contributed by atoms with Gasteiger partial charge in [0.2, 0.25) is 5.88 Å². The molecule has 3 aromatic rings. The van der Waals surface area contributed by atoms with Crippen molar-refractivity contribution in [1.82, 2.24) is 9.78 Å². The summed E-state index contributed by atoms with van der Waals surface area (Å²) in [5.41, 5.74) is 3.25. The van der Waals surface area contributed by atoms with Crippen LogP contribution in [0.3, 0.4) is 0 Å². The minimum atomic E-state index is -3.44. The first-order chi connectivity index (χ1) is 26.7. The number of ether oxygens (including phenoxy) is 4. The van der Waals surface area contributed by atoms with Crippen molar-refractivity contribution in [2.45, 2.75) is 76.9 Å². The van der Waals surface area contributed by atoms with E-state index >= 15 is 0 Å². The van der Waals surface area contributed by atoms with Gasteiger partial charge in [0.05, 0.1) is 41.0 Å². The van der Waals surface area contributed by atoms with Crippen LogP contribution in [0.4, 0.5) is 10.5 Å². The number of amides is 1. The van der Waals surface area contributed by atoms with E-state index in [2.05, 4.69) is 26.5 Å². The number of hydrogen-bond acceptors (Lipinski definition) is 10. The molecule has 0 radical (unpaired) electrons. The van der Waals surface area contributed by atoms with Crippen LogP contribution in [-0.2, 0) is 38.1 Å². The number of hydrogen-bond donors (Lipinski definition) is 0. The van der Waals surface area contributed by atoms with Crippen LogP contribution < -0.4 is 14.4 Å². The quantitative estimate of drug-likeness (QED) is 0.139. The average molecular weight is 807 g/mol. The highest BCUT2D eigenvalue weighted by Crippen LogP contribution is 2.47. The van der Waals surface area contributed by atoms with Crippen LogP contribution in [0.2, 0.25) is 5.02 Å². The molecule has 3 heterocycles. The summed E-state index contributed by atoms with van der Waals surface area (Å²) in [6, 6.07) is 11.4. The number of methoxy groups -OCH3 is 1. The summed E-state index contributed by atoms with van der Waals surface area (Å²) in [4.78, 5) is 43.1. The Bertz CT molecular complexity index is 2160. The van der Waals surface area contributed by atoms with Gasteiger partial charge in [0.25, 0.3) is 5.91 Å². The molecule has 2 aliphatic heterocycles. The number of carbonyl (C=O) groups excluding carboxylic acids is 3. The highest BCUT2D eigenvalue weighted by molar-refractivity contribution is 7.94. The second-order valence-corrected chi connectivity index (χ2v) is 19.0. The molecule has 12 nitrogen and oxygen atoms in total. The number of aromatic nitrogens is 2. The Morgan fingerprint density at radius 3 is 2.73 bits per heavy atom. The van der Waals surface area contributed by atoms with Gasteiger partial charge in [-0.15, -0.1) is 5.10 Å². The van der Waals surface area contributed by atoms with Crippen LogP contribution in [-0.4, -0.2) is 82.4 Å². The second kappa shape index (κ2) is 16.2. The van der Waals surface area contributed by atoms with E-state index < -0.39 is 39.4 Å². The third kappa shape index (κ3) is 8.49. The SMILES string of the molecule is COc1nn(C)cc1C(=O)C[S@@]1(=O)=NC(=O)c2ccc3c(c2)N(C[C@@H]2CC[C@H]2[C@@H](OC(=O)OC(C)C)/C=C/C[C@H](C)C1)C[C@@]1(CCCc2cc(Cl)ccc21)CO3. The predicted octanol–water partition coefficient (Wildman–Crippen LogP) is 7.60. The van der Waals surface area contributed by atoms with Gasteiger partial charge in [0, 0.05) is 54.0 Å². The third-order valence-corrected chi connectivity index (χ3v) is 14.0. The number of allylic oxidation sites excluding steroid dienone is 1. The number of anilines is 1. The maximum absolute atomic E-state index is 14.8. The summed E-state index contributed by atoms with van der Waals surface area (Å²) in [6.07, 6.45) is 8.83. The Hall–Kier alpha value is -4.36. The number of ketones is 1. The second-order valence-electron chi connectivity index (χ2n) is 16.2. The molecule has 7 rings (SSSR count). The molecule has 6 atom stereocenters. The molecule has 56 heavy (non-hydrogen) atoms. The molecule has 4 aliphatic rings. The lowest BCUT2D eigenvalue weighted by Crippen LogP contribution is -2.50. The molecule has 2 bridgehead atoms. The summed E-state index contributed by atoms with van der Waals surface area (Å²) >= 11 is 6.48. The Balaban J connectivity index is 1.31. The van der Waals surface area contributed by atoms with Crippen LogP contribution in [0.15, 0.2) is 59.1 Å². The van der Waals surface area contributed by atoms with E-state index in [0.29, 0.717) is 36.9 Å². The molecule has 0 N–H and O–H groups in total. The first-order valence-electron chi connectivity index (χ1n) is 19.5. The summed E-state index contributed by atoms with van der Waals surface area (Å²) in [5, 5.41) is 4.89. The minimum absolute atomic E-state index is 0.0174. The summed E-state index contributed by atoms with van der Waals surface area (Å²) in [7, 11) is -0.372. The molecule has 2 aromatic carbocycles. The topological polar surface area (TPSA) is 139 Å². The molecule has 0 saturated heterocycles. The Kier molecular flexibility index (Phi) is 11.6. The van der Waals surface area contributed by atoms with Crippen molar-refractivity contribution in [1.29, 1.82) is 0 Å². The van der Waals surface area contributed by atoms with E-state index in [0.717, 1.165) is 37.8 Å². The maximum atomic E-state index is 14.8. The molecule has 1 fully saturated rings. The number of Topliss-reactive ketones (excluding diaryl/α,β-unsaturated/α-hetero) is 1. The predicted molar refractivity (Wildman–Crippen MR) is 215 cm³/mol. The Morgan fingerprint density at radius 1 is 1.16 bits per heavy atom. The van der Waals surface area contributed by atoms with Crippen molar-refractivity contribution in [2.24, 2.45) is 29.2 Å². The van der Waals surface area contributed by atoms with Crippen molar-refractivity contribution >= 4 is 44.9 Å². The first-order valence-corrected chi connectivity index (χ1v) is 21.7. The summed E-state index contributed by atoms with van der Waals surface area (Å²) < 4.78 is 44.0. The zero-order valence-corrected chi connectivity index (χ0v) is 34.3. The van der Waals surface area contributed by atoms with Gasteiger partial charge in [0.15, 0.2) is 5.78 Å². The van der Waals surface area contributed by atoms with Gasteiger partial charge in [0.1, 0.15) is 17.4 Å². The largest absolute Gasteiger partial charge is 0.509 e. The fraction of sp³-hybridized carbons (Fsp3) is 0.524. The molecule has 0 unspecified atom stereocenters.